The molecule has 0 radical (unpaired) electrons. The van der Waals surface area contributed by atoms with E-state index < -0.39 is 12.1 Å². The highest BCUT2D eigenvalue weighted by atomic mass is 16.6. The van der Waals surface area contributed by atoms with Crippen molar-refractivity contribution in [3.63, 3.8) is 0 Å². The van der Waals surface area contributed by atoms with Crippen LogP contribution in [0.4, 0.5) is 0 Å². The average molecular weight is 336 g/mol. The van der Waals surface area contributed by atoms with Gasteiger partial charge in [-0.25, -0.2) is 4.79 Å². The van der Waals surface area contributed by atoms with E-state index >= 15 is 0 Å². The Labute approximate surface area is 142 Å². The van der Waals surface area contributed by atoms with Gasteiger partial charge in [-0.15, -0.1) is 0 Å². The lowest BCUT2D eigenvalue weighted by Gasteiger charge is -2.23. The van der Waals surface area contributed by atoms with E-state index in [4.69, 9.17) is 18.9 Å². The third kappa shape index (κ3) is 5.04. The first-order chi connectivity index (χ1) is 11.5. The van der Waals surface area contributed by atoms with Crippen molar-refractivity contribution in [3.8, 4) is 11.5 Å². The first-order valence-electron chi connectivity index (χ1n) is 8.15. The maximum absolute atomic E-state index is 12.2. The molecule has 1 aromatic carbocycles. The van der Waals surface area contributed by atoms with Crippen LogP contribution in [0.3, 0.4) is 0 Å². The molecule has 0 aliphatic carbocycles. The Morgan fingerprint density at radius 1 is 1.29 bits per heavy atom. The summed E-state index contributed by atoms with van der Waals surface area (Å²) in [6.07, 6.45) is 2.46. The van der Waals surface area contributed by atoms with Crippen LogP contribution in [0.5, 0.6) is 11.5 Å². The van der Waals surface area contributed by atoms with E-state index in [9.17, 15) is 9.59 Å². The number of hydrogen-bond donors (Lipinski definition) is 0. The minimum absolute atomic E-state index is 0.0402. The second-order valence-corrected chi connectivity index (χ2v) is 5.81. The fourth-order valence-electron chi connectivity index (χ4n) is 2.42. The highest BCUT2D eigenvalue weighted by Gasteiger charge is 2.21. The van der Waals surface area contributed by atoms with Gasteiger partial charge in [-0.3, -0.25) is 4.79 Å². The molecular weight excluding hydrogens is 312 g/mol. The lowest BCUT2D eigenvalue weighted by molar-refractivity contribution is -0.149. The number of carbonyl (C=O) groups excluding carboxylic acids is 2. The predicted molar refractivity (Wildman–Crippen MR) is 87.6 cm³/mol. The highest BCUT2D eigenvalue weighted by Crippen LogP contribution is 2.28. The molecule has 1 fully saturated rings. The molecule has 6 heteroatoms. The number of ether oxygens (including phenoxy) is 4. The topological polar surface area (TPSA) is 71.1 Å². The summed E-state index contributed by atoms with van der Waals surface area (Å²) in [4.78, 5) is 23.6. The molecule has 1 heterocycles. The Hall–Kier alpha value is -1.92. The summed E-state index contributed by atoms with van der Waals surface area (Å²) in [5.74, 6) is -0.00854. The summed E-state index contributed by atoms with van der Waals surface area (Å²) in [5.41, 5.74) is 0.491. The van der Waals surface area contributed by atoms with Crippen LogP contribution >= 0.6 is 0 Å². The molecule has 0 amide bonds. The molecule has 2 rings (SSSR count). The van der Waals surface area contributed by atoms with Gasteiger partial charge in [-0.05, 0) is 51.3 Å². The smallest absolute Gasteiger partial charge is 0.340 e. The normalized spacial score (nSPS) is 18.7. The Morgan fingerprint density at radius 3 is 2.71 bits per heavy atom. The molecule has 0 saturated carbocycles. The second-order valence-electron chi connectivity index (χ2n) is 5.81. The van der Waals surface area contributed by atoms with Crippen molar-refractivity contribution in [2.45, 2.75) is 45.3 Å². The number of carbonyl (C=O) groups is 2. The molecule has 1 aliphatic rings. The summed E-state index contributed by atoms with van der Waals surface area (Å²) < 4.78 is 21.6. The van der Waals surface area contributed by atoms with E-state index in [1.54, 1.807) is 25.1 Å². The minimum Gasteiger partial charge on any atom is -0.493 e. The third-order valence-electron chi connectivity index (χ3n) is 3.92. The maximum atomic E-state index is 12.2. The van der Waals surface area contributed by atoms with Crippen LogP contribution in [0, 0.1) is 0 Å². The van der Waals surface area contributed by atoms with E-state index in [1.807, 2.05) is 0 Å². The first-order valence-corrected chi connectivity index (χ1v) is 8.15. The van der Waals surface area contributed by atoms with Gasteiger partial charge in [0.25, 0.3) is 0 Å². The number of esters is 1. The third-order valence-corrected chi connectivity index (χ3v) is 3.92. The summed E-state index contributed by atoms with van der Waals surface area (Å²) >= 11 is 0. The molecule has 2 atom stereocenters. The summed E-state index contributed by atoms with van der Waals surface area (Å²) in [6, 6.07) is 4.69. The molecule has 1 aromatic rings. The SMILES string of the molecule is COc1cc(C(C)=O)ccc1OC(=O)C(C)OCC1CCCCO1. The van der Waals surface area contributed by atoms with Crippen molar-refractivity contribution < 1.29 is 28.5 Å². The van der Waals surface area contributed by atoms with Gasteiger partial charge in [-0.2, -0.15) is 0 Å². The number of hydrogen-bond acceptors (Lipinski definition) is 6. The zero-order valence-corrected chi connectivity index (χ0v) is 14.4. The van der Waals surface area contributed by atoms with Crippen molar-refractivity contribution in [2.24, 2.45) is 0 Å². The van der Waals surface area contributed by atoms with Crippen molar-refractivity contribution >= 4 is 11.8 Å². The van der Waals surface area contributed by atoms with Gasteiger partial charge in [0.2, 0.25) is 0 Å². The number of Topliss-reactive ketones (excluding diaryl/α,β-unsaturated/α-hetero) is 1. The van der Waals surface area contributed by atoms with Gasteiger partial charge in [0.05, 0.1) is 19.8 Å². The molecule has 0 bridgehead atoms. The van der Waals surface area contributed by atoms with Crippen LogP contribution in [-0.2, 0) is 14.3 Å². The standard InChI is InChI=1S/C18H24O6/c1-12(19)14-7-8-16(17(10-14)21-3)24-18(20)13(2)23-11-15-6-4-5-9-22-15/h7-8,10,13,15H,4-6,9,11H2,1-3H3. The quantitative estimate of drug-likeness (QED) is 0.433. The summed E-state index contributed by atoms with van der Waals surface area (Å²) in [5, 5.41) is 0. The van der Waals surface area contributed by atoms with Crippen LogP contribution in [0.1, 0.15) is 43.5 Å². The van der Waals surface area contributed by atoms with Crippen molar-refractivity contribution in [1.29, 1.82) is 0 Å². The molecule has 0 spiro atoms. The molecule has 132 valence electrons. The van der Waals surface area contributed by atoms with E-state index in [-0.39, 0.29) is 17.6 Å². The van der Waals surface area contributed by atoms with Crippen LogP contribution in [0.25, 0.3) is 0 Å². The molecule has 1 saturated heterocycles. The fourth-order valence-corrected chi connectivity index (χ4v) is 2.42. The largest absolute Gasteiger partial charge is 0.493 e. The predicted octanol–water partition coefficient (Wildman–Crippen LogP) is 2.78. The van der Waals surface area contributed by atoms with Crippen molar-refractivity contribution in [3.05, 3.63) is 23.8 Å². The lowest BCUT2D eigenvalue weighted by Crippen LogP contribution is -2.31. The van der Waals surface area contributed by atoms with Gasteiger partial charge in [0.1, 0.15) is 0 Å². The maximum Gasteiger partial charge on any atom is 0.340 e. The van der Waals surface area contributed by atoms with E-state index in [1.165, 1.54) is 14.0 Å². The molecule has 24 heavy (non-hydrogen) atoms. The Balaban J connectivity index is 1.91. The minimum atomic E-state index is -0.715. The van der Waals surface area contributed by atoms with Crippen LogP contribution in [0.15, 0.2) is 18.2 Å². The Morgan fingerprint density at radius 2 is 2.08 bits per heavy atom. The van der Waals surface area contributed by atoms with Crippen LogP contribution in [-0.4, -0.2) is 44.3 Å². The molecular formula is C18H24O6. The Kier molecular flexibility index (Phi) is 6.75. The molecule has 2 unspecified atom stereocenters. The van der Waals surface area contributed by atoms with Gasteiger partial charge in [-0.1, -0.05) is 0 Å². The van der Waals surface area contributed by atoms with Crippen LogP contribution < -0.4 is 9.47 Å². The monoisotopic (exact) mass is 336 g/mol. The van der Waals surface area contributed by atoms with Crippen molar-refractivity contribution in [2.75, 3.05) is 20.3 Å². The first kappa shape index (κ1) is 18.4. The summed E-state index contributed by atoms with van der Waals surface area (Å²) in [6.45, 7) is 4.22. The zero-order chi connectivity index (χ0) is 17.5. The van der Waals surface area contributed by atoms with E-state index in [2.05, 4.69) is 0 Å². The Bertz CT molecular complexity index is 577. The number of methoxy groups -OCH3 is 1. The molecule has 0 aromatic heterocycles. The number of ketones is 1. The van der Waals surface area contributed by atoms with Gasteiger partial charge in [0.15, 0.2) is 23.4 Å². The van der Waals surface area contributed by atoms with Crippen molar-refractivity contribution in [1.82, 2.24) is 0 Å². The van der Waals surface area contributed by atoms with E-state index in [0.717, 1.165) is 25.9 Å². The summed E-state index contributed by atoms with van der Waals surface area (Å²) in [7, 11) is 1.46. The van der Waals surface area contributed by atoms with Gasteiger partial charge in [0, 0.05) is 12.2 Å². The van der Waals surface area contributed by atoms with Gasteiger partial charge < -0.3 is 18.9 Å². The highest BCUT2D eigenvalue weighted by molar-refractivity contribution is 5.94. The van der Waals surface area contributed by atoms with Crippen LogP contribution in [0.2, 0.25) is 0 Å². The number of benzene rings is 1. The fraction of sp³-hybridized carbons (Fsp3) is 0.556. The van der Waals surface area contributed by atoms with E-state index in [0.29, 0.717) is 17.9 Å². The molecule has 6 nitrogen and oxygen atoms in total. The zero-order valence-electron chi connectivity index (χ0n) is 14.4. The number of rotatable bonds is 7. The van der Waals surface area contributed by atoms with Gasteiger partial charge >= 0.3 is 5.97 Å². The molecule has 1 aliphatic heterocycles. The second kappa shape index (κ2) is 8.80. The lowest BCUT2D eigenvalue weighted by atomic mass is 10.1. The molecule has 0 N–H and O–H groups in total. The average Bonchev–Trinajstić information content (AvgIpc) is 2.60.